The van der Waals surface area contributed by atoms with Gasteiger partial charge < -0.3 is 10.4 Å². The minimum atomic E-state index is -1.09. The first-order valence-corrected chi connectivity index (χ1v) is 11.1. The lowest BCUT2D eigenvalue weighted by Crippen LogP contribution is -2.36. The van der Waals surface area contributed by atoms with Gasteiger partial charge in [-0.25, -0.2) is 4.98 Å². The van der Waals surface area contributed by atoms with Crippen molar-refractivity contribution in [3.63, 3.8) is 0 Å². The van der Waals surface area contributed by atoms with Gasteiger partial charge in [-0.3, -0.25) is 0 Å². The fraction of sp³-hybridized carbons (Fsp3) is 0.318. The molecule has 0 amide bonds. The SMILES string of the molecule is OC(c1ccccc1)(c1cc(Cl)ccc1NCc1cnc(Cl)s1)C1CCCC1. The van der Waals surface area contributed by atoms with Crippen LogP contribution in [0.2, 0.25) is 9.49 Å². The zero-order valence-corrected chi connectivity index (χ0v) is 17.7. The van der Waals surface area contributed by atoms with E-state index in [1.54, 1.807) is 6.20 Å². The molecule has 0 spiro atoms. The van der Waals surface area contributed by atoms with E-state index < -0.39 is 5.60 Å². The van der Waals surface area contributed by atoms with Crippen molar-refractivity contribution in [1.82, 2.24) is 4.98 Å². The highest BCUT2D eigenvalue weighted by Gasteiger charge is 2.43. The van der Waals surface area contributed by atoms with Gasteiger partial charge in [0.05, 0.1) is 6.54 Å². The Morgan fingerprint density at radius 3 is 2.54 bits per heavy atom. The van der Waals surface area contributed by atoms with Crippen molar-refractivity contribution in [1.29, 1.82) is 0 Å². The maximum absolute atomic E-state index is 12.1. The van der Waals surface area contributed by atoms with E-state index in [1.165, 1.54) is 11.3 Å². The highest BCUT2D eigenvalue weighted by molar-refractivity contribution is 7.15. The van der Waals surface area contributed by atoms with Gasteiger partial charge >= 0.3 is 0 Å². The van der Waals surface area contributed by atoms with E-state index in [-0.39, 0.29) is 5.92 Å². The Morgan fingerprint density at radius 2 is 1.86 bits per heavy atom. The molecule has 3 aromatic rings. The van der Waals surface area contributed by atoms with Crippen LogP contribution in [0.25, 0.3) is 0 Å². The standard InChI is InChI=1S/C22H22Cl2N2OS/c23-17-10-11-20(25-13-18-14-26-21(24)28-18)19(12-17)22(27,16-8-4-5-9-16)15-6-2-1-3-7-15/h1-3,6-7,10-12,14,16,25,27H,4-5,8-9,13H2. The van der Waals surface area contributed by atoms with Crippen LogP contribution in [0.3, 0.4) is 0 Å². The quantitative estimate of drug-likeness (QED) is 0.467. The van der Waals surface area contributed by atoms with Gasteiger partial charge in [0.1, 0.15) is 5.60 Å². The number of aliphatic hydroxyl groups is 1. The number of rotatable bonds is 6. The number of benzene rings is 2. The summed E-state index contributed by atoms with van der Waals surface area (Å²) in [5, 5.41) is 16.2. The predicted octanol–water partition coefficient (Wildman–Crippen LogP) is 6.49. The number of aromatic nitrogens is 1. The molecule has 1 heterocycles. The van der Waals surface area contributed by atoms with Crippen LogP contribution in [-0.4, -0.2) is 10.1 Å². The summed E-state index contributed by atoms with van der Waals surface area (Å²) < 4.78 is 0.528. The molecule has 0 aliphatic heterocycles. The molecule has 4 rings (SSSR count). The number of hydrogen-bond acceptors (Lipinski definition) is 4. The van der Waals surface area contributed by atoms with Crippen LogP contribution < -0.4 is 5.32 Å². The van der Waals surface area contributed by atoms with E-state index in [2.05, 4.69) is 10.3 Å². The minimum absolute atomic E-state index is 0.159. The van der Waals surface area contributed by atoms with E-state index in [4.69, 9.17) is 23.2 Å². The Balaban J connectivity index is 1.76. The number of anilines is 1. The molecule has 1 saturated carbocycles. The van der Waals surface area contributed by atoms with Crippen molar-refractivity contribution in [3.8, 4) is 0 Å². The molecule has 146 valence electrons. The van der Waals surface area contributed by atoms with Crippen molar-refractivity contribution in [3.05, 3.63) is 80.2 Å². The molecule has 2 aromatic carbocycles. The number of nitrogens with zero attached hydrogens (tertiary/aromatic N) is 1. The third kappa shape index (κ3) is 3.92. The summed E-state index contributed by atoms with van der Waals surface area (Å²) in [4.78, 5) is 5.14. The van der Waals surface area contributed by atoms with Crippen LogP contribution in [0, 0.1) is 5.92 Å². The average molecular weight is 433 g/mol. The van der Waals surface area contributed by atoms with Gasteiger partial charge in [-0.15, -0.1) is 11.3 Å². The Morgan fingerprint density at radius 1 is 1.11 bits per heavy atom. The normalized spacial score (nSPS) is 16.8. The number of hydrogen-bond donors (Lipinski definition) is 2. The van der Waals surface area contributed by atoms with Gasteiger partial charge in [0.2, 0.25) is 0 Å². The zero-order valence-electron chi connectivity index (χ0n) is 15.4. The number of nitrogens with one attached hydrogen (secondary N) is 1. The Bertz CT molecular complexity index is 941. The van der Waals surface area contributed by atoms with E-state index in [0.717, 1.165) is 47.4 Å². The molecule has 3 nitrogen and oxygen atoms in total. The maximum atomic E-state index is 12.1. The molecule has 1 atom stereocenters. The summed E-state index contributed by atoms with van der Waals surface area (Å²) >= 11 is 13.8. The molecular weight excluding hydrogens is 411 g/mol. The fourth-order valence-electron chi connectivity index (χ4n) is 4.18. The average Bonchev–Trinajstić information content (AvgIpc) is 3.39. The van der Waals surface area contributed by atoms with Crippen LogP contribution >= 0.6 is 34.5 Å². The molecule has 6 heteroatoms. The second kappa shape index (κ2) is 8.42. The third-order valence-corrected chi connectivity index (χ3v) is 6.88. The lowest BCUT2D eigenvalue weighted by molar-refractivity contribution is 0.0195. The third-order valence-electron chi connectivity index (χ3n) is 5.53. The summed E-state index contributed by atoms with van der Waals surface area (Å²) in [7, 11) is 0. The van der Waals surface area contributed by atoms with Crippen molar-refractivity contribution in [2.75, 3.05) is 5.32 Å². The Labute approximate surface area is 179 Å². The lowest BCUT2D eigenvalue weighted by Gasteiger charge is -2.37. The molecule has 1 fully saturated rings. The van der Waals surface area contributed by atoms with Gasteiger partial charge in [0, 0.05) is 27.3 Å². The highest BCUT2D eigenvalue weighted by Crippen LogP contribution is 2.47. The van der Waals surface area contributed by atoms with Crippen molar-refractivity contribution >= 4 is 40.2 Å². The van der Waals surface area contributed by atoms with Gasteiger partial charge in [0.25, 0.3) is 0 Å². The fourth-order valence-corrected chi connectivity index (χ4v) is 5.27. The molecule has 1 aromatic heterocycles. The largest absolute Gasteiger partial charge is 0.380 e. The molecule has 1 aliphatic rings. The Kier molecular flexibility index (Phi) is 5.93. The molecule has 0 radical (unpaired) electrons. The highest BCUT2D eigenvalue weighted by atomic mass is 35.5. The molecule has 0 bridgehead atoms. The minimum Gasteiger partial charge on any atom is -0.380 e. The van der Waals surface area contributed by atoms with E-state index in [9.17, 15) is 5.11 Å². The molecule has 28 heavy (non-hydrogen) atoms. The molecule has 2 N–H and O–H groups in total. The summed E-state index contributed by atoms with van der Waals surface area (Å²) in [6, 6.07) is 15.6. The molecule has 1 unspecified atom stereocenters. The van der Waals surface area contributed by atoms with E-state index in [0.29, 0.717) is 16.0 Å². The molecule has 0 saturated heterocycles. The van der Waals surface area contributed by atoms with Crippen LogP contribution in [-0.2, 0) is 12.1 Å². The van der Waals surface area contributed by atoms with Crippen LogP contribution in [0.4, 0.5) is 5.69 Å². The smallest absolute Gasteiger partial charge is 0.183 e. The first-order chi connectivity index (χ1) is 13.6. The monoisotopic (exact) mass is 432 g/mol. The van der Waals surface area contributed by atoms with Gasteiger partial charge in [0.15, 0.2) is 4.47 Å². The molecular formula is C22H22Cl2N2OS. The summed E-state index contributed by atoms with van der Waals surface area (Å²) in [6.45, 7) is 0.592. The topological polar surface area (TPSA) is 45.1 Å². The van der Waals surface area contributed by atoms with Crippen molar-refractivity contribution in [2.45, 2.75) is 37.8 Å². The number of halogens is 2. The molecule has 1 aliphatic carbocycles. The van der Waals surface area contributed by atoms with Gasteiger partial charge in [-0.1, -0.05) is 66.4 Å². The first kappa shape index (κ1) is 19.7. The number of thiazole rings is 1. The second-order valence-corrected chi connectivity index (χ2v) is 9.37. The summed E-state index contributed by atoms with van der Waals surface area (Å²) in [5.74, 6) is 0.159. The van der Waals surface area contributed by atoms with Crippen LogP contribution in [0.15, 0.2) is 54.7 Å². The first-order valence-electron chi connectivity index (χ1n) is 9.49. The zero-order chi connectivity index (χ0) is 19.6. The van der Waals surface area contributed by atoms with Crippen LogP contribution in [0.5, 0.6) is 0 Å². The maximum Gasteiger partial charge on any atom is 0.183 e. The van der Waals surface area contributed by atoms with E-state index >= 15 is 0 Å². The second-order valence-electron chi connectivity index (χ2n) is 7.24. The van der Waals surface area contributed by atoms with Crippen LogP contribution in [0.1, 0.15) is 41.7 Å². The van der Waals surface area contributed by atoms with Crippen molar-refractivity contribution in [2.24, 2.45) is 5.92 Å². The van der Waals surface area contributed by atoms with Crippen molar-refractivity contribution < 1.29 is 5.11 Å². The predicted molar refractivity (Wildman–Crippen MR) is 117 cm³/mol. The van der Waals surface area contributed by atoms with Gasteiger partial charge in [-0.2, -0.15) is 0 Å². The lowest BCUT2D eigenvalue weighted by atomic mass is 9.74. The van der Waals surface area contributed by atoms with E-state index in [1.807, 2.05) is 48.5 Å². The Hall–Kier alpha value is -1.59. The summed E-state index contributed by atoms with van der Waals surface area (Å²) in [5.41, 5.74) is 1.53. The van der Waals surface area contributed by atoms with Gasteiger partial charge in [-0.05, 0) is 42.5 Å². The summed E-state index contributed by atoms with van der Waals surface area (Å²) in [6.07, 6.45) is 6.06.